The molecule has 0 fully saturated rings. The minimum atomic E-state index is -0.267. The summed E-state index contributed by atoms with van der Waals surface area (Å²) < 4.78 is 6.85. The fraction of sp³-hybridized carbons (Fsp3) is 0.120. The van der Waals surface area contributed by atoms with Crippen LogP contribution in [0.25, 0.3) is 33.7 Å². The topological polar surface area (TPSA) is 95.7 Å². The number of pyridine rings is 1. The van der Waals surface area contributed by atoms with Gasteiger partial charge in [-0.1, -0.05) is 30.3 Å². The van der Waals surface area contributed by atoms with E-state index in [1.165, 1.54) is 4.68 Å². The van der Waals surface area contributed by atoms with E-state index in [4.69, 9.17) is 0 Å². The number of fused-ring (bicyclic) bond motifs is 3. The maximum Gasteiger partial charge on any atom is 0.283 e. The second-order valence-electron chi connectivity index (χ2n) is 8.15. The Labute approximate surface area is 194 Å². The Morgan fingerprint density at radius 2 is 1.85 bits per heavy atom. The Morgan fingerprint density at radius 1 is 1.03 bits per heavy atom. The fourth-order valence-electron chi connectivity index (χ4n) is 4.33. The molecule has 9 heteroatoms. The molecule has 6 rings (SSSR count). The van der Waals surface area contributed by atoms with Crippen molar-refractivity contribution in [3.63, 3.8) is 0 Å². The van der Waals surface area contributed by atoms with Crippen LogP contribution in [0.4, 0.5) is 0 Å². The largest absolute Gasteiger partial charge is 0.390 e. The van der Waals surface area contributed by atoms with E-state index in [1.54, 1.807) is 24.1 Å². The van der Waals surface area contributed by atoms with Crippen LogP contribution in [-0.4, -0.2) is 38.8 Å². The third-order valence-electron chi connectivity index (χ3n) is 6.08. The number of aliphatic hydroxyl groups excluding tert-OH is 1. The van der Waals surface area contributed by atoms with Gasteiger partial charge in [-0.15, -0.1) is 0 Å². The first-order chi connectivity index (χ1) is 16.6. The summed E-state index contributed by atoms with van der Waals surface area (Å²) in [5, 5.41) is 19.5. The van der Waals surface area contributed by atoms with E-state index in [1.807, 2.05) is 59.5 Å². The predicted molar refractivity (Wildman–Crippen MR) is 127 cm³/mol. The Morgan fingerprint density at radius 3 is 2.62 bits per heavy atom. The smallest absolute Gasteiger partial charge is 0.283 e. The van der Waals surface area contributed by atoms with Crippen LogP contribution in [0.2, 0.25) is 0 Å². The van der Waals surface area contributed by atoms with Crippen molar-refractivity contribution in [3.05, 3.63) is 101 Å². The van der Waals surface area contributed by atoms with Gasteiger partial charge in [0.15, 0.2) is 5.82 Å². The molecule has 0 radical (unpaired) electrons. The van der Waals surface area contributed by atoms with E-state index in [0.717, 1.165) is 22.2 Å². The molecule has 0 bridgehead atoms. The van der Waals surface area contributed by atoms with Crippen LogP contribution in [0.15, 0.2) is 84.3 Å². The number of nitrogens with zero attached hydrogens (tertiary/aromatic N) is 7. The average Bonchev–Trinajstić information content (AvgIpc) is 3.60. The number of rotatable bonds is 5. The van der Waals surface area contributed by atoms with Gasteiger partial charge in [-0.3, -0.25) is 4.79 Å². The highest BCUT2D eigenvalue weighted by molar-refractivity contribution is 5.93. The molecule has 9 nitrogen and oxygen atoms in total. The molecule has 34 heavy (non-hydrogen) atoms. The van der Waals surface area contributed by atoms with Crippen molar-refractivity contribution in [2.45, 2.75) is 13.2 Å². The second kappa shape index (κ2) is 7.82. The van der Waals surface area contributed by atoms with Gasteiger partial charge in [0.05, 0.1) is 35.4 Å². The van der Waals surface area contributed by atoms with Crippen LogP contribution < -0.4 is 5.56 Å². The molecule has 0 saturated heterocycles. The zero-order valence-electron chi connectivity index (χ0n) is 18.4. The number of aryl methyl sites for hydroxylation is 1. The molecule has 0 spiro atoms. The summed E-state index contributed by atoms with van der Waals surface area (Å²) in [5.74, 6) is 0.344. The van der Waals surface area contributed by atoms with Gasteiger partial charge in [-0.05, 0) is 29.8 Å². The van der Waals surface area contributed by atoms with E-state index in [9.17, 15) is 9.90 Å². The quantitative estimate of drug-likeness (QED) is 0.435. The highest BCUT2D eigenvalue weighted by atomic mass is 16.3. The summed E-state index contributed by atoms with van der Waals surface area (Å²) >= 11 is 0. The van der Waals surface area contributed by atoms with Crippen molar-refractivity contribution < 1.29 is 5.11 Å². The molecule has 2 aromatic heterocycles. The fourth-order valence-corrected chi connectivity index (χ4v) is 4.33. The summed E-state index contributed by atoms with van der Waals surface area (Å²) in [5.41, 5.74) is 4.42. The van der Waals surface area contributed by atoms with Crippen LogP contribution in [-0.2, 0) is 20.2 Å². The van der Waals surface area contributed by atoms with Crippen LogP contribution >= 0.6 is 0 Å². The van der Waals surface area contributed by atoms with Gasteiger partial charge in [0.1, 0.15) is 5.69 Å². The van der Waals surface area contributed by atoms with Gasteiger partial charge in [0.25, 0.3) is 5.56 Å². The van der Waals surface area contributed by atoms with Crippen LogP contribution in [0.1, 0.15) is 11.3 Å². The molecule has 2 aromatic carbocycles. The predicted octanol–water partition coefficient (Wildman–Crippen LogP) is 2.75. The lowest BCUT2D eigenvalue weighted by molar-refractivity contribution is 0.272. The number of para-hydroxylation sites is 1. The van der Waals surface area contributed by atoms with Crippen molar-refractivity contribution in [1.82, 2.24) is 33.7 Å². The van der Waals surface area contributed by atoms with E-state index in [-0.39, 0.29) is 12.2 Å². The molecular weight excluding hydrogens is 430 g/mol. The lowest BCUT2D eigenvalue weighted by atomic mass is 10.1. The zero-order chi connectivity index (χ0) is 23.2. The highest BCUT2D eigenvalue weighted by Crippen LogP contribution is 2.29. The van der Waals surface area contributed by atoms with E-state index >= 15 is 0 Å². The monoisotopic (exact) mass is 451 g/mol. The number of hydrogen-bond donors (Lipinski definition) is 1. The lowest BCUT2D eigenvalue weighted by Crippen LogP contribution is -2.17. The Balaban J connectivity index is 1.48. The normalized spacial score (nSPS) is 11.6. The zero-order valence-corrected chi connectivity index (χ0v) is 18.4. The molecule has 4 heterocycles. The standard InChI is InChI=1S/C25H21N7O2/c1-29-16-26-24(22(29)15-33)32-25(34)20-14-30(21-6-3-2-5-19(21)23(20)28-32)13-17-7-9-18(10-8-17)31-12-4-11-27-31/h2-12,14,16,33H,13,15H2,1H3. The van der Waals surface area contributed by atoms with Gasteiger partial charge in [-0.2, -0.15) is 14.9 Å². The Kier molecular flexibility index (Phi) is 4.63. The first kappa shape index (κ1) is 20.1. The summed E-state index contributed by atoms with van der Waals surface area (Å²) in [6.45, 7) is 0.350. The van der Waals surface area contributed by atoms with Gasteiger partial charge in [0, 0.05) is 37.6 Å². The molecule has 2 aliphatic heterocycles. The average molecular weight is 451 g/mol. The molecule has 0 amide bonds. The van der Waals surface area contributed by atoms with Crippen molar-refractivity contribution >= 4 is 10.9 Å². The number of aliphatic hydroxyl groups is 1. The molecule has 0 atom stereocenters. The minimum Gasteiger partial charge on any atom is -0.390 e. The molecule has 1 N–H and O–H groups in total. The summed E-state index contributed by atoms with van der Waals surface area (Å²) in [4.78, 5) is 17.7. The molecule has 0 saturated carbocycles. The summed E-state index contributed by atoms with van der Waals surface area (Å²) in [7, 11) is 1.77. The summed E-state index contributed by atoms with van der Waals surface area (Å²) in [6.07, 6.45) is 7.08. The third kappa shape index (κ3) is 3.13. The number of aromatic nitrogens is 7. The van der Waals surface area contributed by atoms with Crippen LogP contribution in [0.3, 0.4) is 0 Å². The summed E-state index contributed by atoms with van der Waals surface area (Å²) in [6, 6.07) is 18.0. The van der Waals surface area contributed by atoms with Crippen molar-refractivity contribution in [2.75, 3.05) is 0 Å². The molecule has 0 unspecified atom stereocenters. The van der Waals surface area contributed by atoms with E-state index < -0.39 is 0 Å². The molecule has 0 aliphatic carbocycles. The highest BCUT2D eigenvalue weighted by Gasteiger charge is 2.23. The number of benzene rings is 2. The molecular formula is C25H21N7O2. The minimum absolute atomic E-state index is 0.239. The molecule has 4 aromatic rings. The number of hydrogen-bond acceptors (Lipinski definition) is 5. The van der Waals surface area contributed by atoms with Gasteiger partial charge < -0.3 is 14.2 Å². The van der Waals surface area contributed by atoms with Gasteiger partial charge in [0.2, 0.25) is 0 Å². The van der Waals surface area contributed by atoms with Gasteiger partial charge >= 0.3 is 0 Å². The maximum atomic E-state index is 13.4. The Hall–Kier alpha value is -4.50. The van der Waals surface area contributed by atoms with Crippen LogP contribution in [0, 0.1) is 0 Å². The van der Waals surface area contributed by atoms with Crippen molar-refractivity contribution in [1.29, 1.82) is 0 Å². The first-order valence-electron chi connectivity index (χ1n) is 10.9. The van der Waals surface area contributed by atoms with Crippen molar-refractivity contribution in [3.8, 4) is 22.8 Å². The lowest BCUT2D eigenvalue weighted by Gasteiger charge is -2.14. The molecule has 168 valence electrons. The second-order valence-corrected chi connectivity index (χ2v) is 8.15. The SMILES string of the molecule is Cn1cnc(-n2nc3c4ccccc4n(Cc4ccc(-n5cccn5)cc4)cc-3c2=O)c1CO. The third-order valence-corrected chi connectivity index (χ3v) is 6.08. The Bertz CT molecular complexity index is 1640. The first-order valence-corrected chi connectivity index (χ1v) is 10.9. The van der Waals surface area contributed by atoms with E-state index in [2.05, 4.69) is 31.9 Å². The van der Waals surface area contributed by atoms with Crippen LogP contribution in [0.5, 0.6) is 0 Å². The van der Waals surface area contributed by atoms with Crippen molar-refractivity contribution in [2.24, 2.45) is 7.05 Å². The molecule has 2 aliphatic rings. The maximum absolute atomic E-state index is 13.4. The van der Waals surface area contributed by atoms with E-state index in [0.29, 0.717) is 29.3 Å². The number of imidazole rings is 1. The van der Waals surface area contributed by atoms with Gasteiger partial charge in [-0.25, -0.2) is 9.67 Å².